The number of H-pyrrole nitrogens is 1. The summed E-state index contributed by atoms with van der Waals surface area (Å²) in [6.07, 6.45) is 9.09. The van der Waals surface area contributed by atoms with Crippen LogP contribution in [0.4, 0.5) is 0 Å². The zero-order chi connectivity index (χ0) is 22.6. The summed E-state index contributed by atoms with van der Waals surface area (Å²) in [5.41, 5.74) is 6.57. The van der Waals surface area contributed by atoms with Crippen LogP contribution in [0.2, 0.25) is 0 Å². The minimum Gasteiger partial charge on any atom is -0.494 e. The van der Waals surface area contributed by atoms with Gasteiger partial charge in [0.2, 0.25) is 0 Å². The topological polar surface area (TPSA) is 79.4 Å². The van der Waals surface area contributed by atoms with Gasteiger partial charge in [-0.25, -0.2) is 5.43 Å². The highest BCUT2D eigenvalue weighted by molar-refractivity contribution is 5.94. The standard InChI is InChI=1S/C26H32N4O2/c1-3-4-5-6-7-8-17-32-23-15-13-22(14-16-23)24-18-25(29-28-24)26(31)30-27-19-21-11-9-20(2)10-12-21/h9-16,18-19H,3-8,17H2,1-2H3,(H,28,29)(H,30,31)/b27-19+. The van der Waals surface area contributed by atoms with Crippen molar-refractivity contribution < 1.29 is 9.53 Å². The van der Waals surface area contributed by atoms with Gasteiger partial charge < -0.3 is 4.74 Å². The highest BCUT2D eigenvalue weighted by Gasteiger charge is 2.10. The van der Waals surface area contributed by atoms with E-state index < -0.39 is 0 Å². The number of aromatic amines is 1. The molecule has 0 saturated carbocycles. The fourth-order valence-electron chi connectivity index (χ4n) is 3.26. The molecule has 6 heteroatoms. The van der Waals surface area contributed by atoms with Gasteiger partial charge in [0, 0.05) is 5.56 Å². The van der Waals surface area contributed by atoms with Crippen LogP contribution in [0.3, 0.4) is 0 Å². The van der Waals surface area contributed by atoms with E-state index in [0.29, 0.717) is 11.4 Å². The molecular formula is C26H32N4O2. The summed E-state index contributed by atoms with van der Waals surface area (Å²) in [5.74, 6) is 0.507. The number of benzene rings is 2. The number of hydrogen-bond acceptors (Lipinski definition) is 4. The first-order valence-corrected chi connectivity index (χ1v) is 11.3. The number of hydrazone groups is 1. The fraction of sp³-hybridized carbons (Fsp3) is 0.346. The number of hydrogen-bond donors (Lipinski definition) is 2. The van der Waals surface area contributed by atoms with Crippen LogP contribution >= 0.6 is 0 Å². The Morgan fingerprint density at radius 3 is 2.50 bits per heavy atom. The first-order chi connectivity index (χ1) is 15.7. The molecule has 0 atom stereocenters. The van der Waals surface area contributed by atoms with Crippen LogP contribution in [0, 0.1) is 6.92 Å². The Balaban J connectivity index is 1.46. The molecule has 0 saturated heterocycles. The van der Waals surface area contributed by atoms with E-state index in [1.165, 1.54) is 37.7 Å². The maximum absolute atomic E-state index is 12.3. The maximum atomic E-state index is 12.3. The summed E-state index contributed by atoms with van der Waals surface area (Å²) in [7, 11) is 0. The summed E-state index contributed by atoms with van der Waals surface area (Å²) in [4.78, 5) is 12.3. The van der Waals surface area contributed by atoms with E-state index >= 15 is 0 Å². The van der Waals surface area contributed by atoms with Crippen LogP contribution in [0.15, 0.2) is 59.7 Å². The van der Waals surface area contributed by atoms with E-state index in [-0.39, 0.29) is 5.91 Å². The number of nitrogens with zero attached hydrogens (tertiary/aromatic N) is 2. The number of nitrogens with one attached hydrogen (secondary N) is 2. The number of aryl methyl sites for hydroxylation is 1. The van der Waals surface area contributed by atoms with Gasteiger partial charge in [0.25, 0.3) is 5.91 Å². The van der Waals surface area contributed by atoms with Gasteiger partial charge in [-0.1, -0.05) is 68.9 Å². The van der Waals surface area contributed by atoms with Crippen molar-refractivity contribution >= 4 is 12.1 Å². The van der Waals surface area contributed by atoms with E-state index in [9.17, 15) is 4.79 Å². The minimum atomic E-state index is -0.342. The Morgan fingerprint density at radius 1 is 1.03 bits per heavy atom. The van der Waals surface area contributed by atoms with Gasteiger partial charge >= 0.3 is 0 Å². The van der Waals surface area contributed by atoms with Gasteiger partial charge in [-0.15, -0.1) is 0 Å². The predicted octanol–water partition coefficient (Wildman–Crippen LogP) is 5.89. The van der Waals surface area contributed by atoms with Crippen molar-refractivity contribution in [2.75, 3.05) is 6.61 Å². The lowest BCUT2D eigenvalue weighted by Gasteiger charge is -2.06. The van der Waals surface area contributed by atoms with Crippen LogP contribution in [-0.2, 0) is 0 Å². The third kappa shape index (κ3) is 7.38. The summed E-state index contributed by atoms with van der Waals surface area (Å²) in [5, 5.41) is 11.0. The van der Waals surface area contributed by atoms with Crippen molar-refractivity contribution in [3.8, 4) is 17.0 Å². The molecule has 0 unspecified atom stereocenters. The molecule has 1 aromatic heterocycles. The minimum absolute atomic E-state index is 0.342. The van der Waals surface area contributed by atoms with E-state index in [1.807, 2.05) is 55.5 Å². The SMILES string of the molecule is CCCCCCCCOc1ccc(-c2cc(C(=O)N/N=C/c3ccc(C)cc3)[nH]n2)cc1. The third-order valence-electron chi connectivity index (χ3n) is 5.20. The van der Waals surface area contributed by atoms with E-state index in [1.54, 1.807) is 12.3 Å². The quantitative estimate of drug-likeness (QED) is 0.213. The molecule has 6 nitrogen and oxygen atoms in total. The molecular weight excluding hydrogens is 400 g/mol. The van der Waals surface area contributed by atoms with E-state index in [2.05, 4.69) is 27.6 Å². The Bertz CT molecular complexity index is 991. The van der Waals surface area contributed by atoms with Crippen molar-refractivity contribution in [3.05, 3.63) is 71.4 Å². The molecule has 1 amide bonds. The average Bonchev–Trinajstić information content (AvgIpc) is 3.31. The number of unbranched alkanes of at least 4 members (excludes halogenated alkanes) is 5. The Hall–Kier alpha value is -3.41. The van der Waals surface area contributed by atoms with Crippen molar-refractivity contribution in [1.82, 2.24) is 15.6 Å². The molecule has 3 aromatic rings. The molecule has 0 radical (unpaired) electrons. The predicted molar refractivity (Wildman–Crippen MR) is 129 cm³/mol. The number of carbonyl (C=O) groups excluding carboxylic acids is 1. The Morgan fingerprint density at radius 2 is 1.75 bits per heavy atom. The molecule has 1 heterocycles. The zero-order valence-electron chi connectivity index (χ0n) is 18.9. The molecule has 0 aliphatic heterocycles. The third-order valence-corrected chi connectivity index (χ3v) is 5.20. The maximum Gasteiger partial charge on any atom is 0.289 e. The van der Waals surface area contributed by atoms with E-state index in [4.69, 9.17) is 4.74 Å². The summed E-state index contributed by atoms with van der Waals surface area (Å²) in [6, 6.07) is 17.4. The summed E-state index contributed by atoms with van der Waals surface area (Å²) < 4.78 is 5.83. The number of amides is 1. The van der Waals surface area contributed by atoms with Crippen LogP contribution in [-0.4, -0.2) is 28.9 Å². The molecule has 2 N–H and O–H groups in total. The Kier molecular flexibility index (Phi) is 9.05. The number of carbonyl (C=O) groups is 1. The van der Waals surface area contributed by atoms with E-state index in [0.717, 1.165) is 29.9 Å². The molecule has 0 aliphatic carbocycles. The zero-order valence-corrected chi connectivity index (χ0v) is 18.9. The molecule has 0 bridgehead atoms. The number of ether oxygens (including phenoxy) is 1. The fourth-order valence-corrected chi connectivity index (χ4v) is 3.26. The molecule has 0 spiro atoms. The highest BCUT2D eigenvalue weighted by Crippen LogP contribution is 2.21. The smallest absolute Gasteiger partial charge is 0.289 e. The second kappa shape index (κ2) is 12.4. The van der Waals surface area contributed by atoms with Gasteiger partial charge in [0.15, 0.2) is 0 Å². The Labute approximate surface area is 190 Å². The second-order valence-electron chi connectivity index (χ2n) is 7.92. The second-order valence-corrected chi connectivity index (χ2v) is 7.92. The number of rotatable bonds is 12. The highest BCUT2D eigenvalue weighted by atomic mass is 16.5. The first-order valence-electron chi connectivity index (χ1n) is 11.3. The first kappa shape index (κ1) is 23.3. The van der Waals surface area contributed by atoms with Gasteiger partial charge in [0.1, 0.15) is 11.4 Å². The van der Waals surface area contributed by atoms with Crippen LogP contribution in [0.25, 0.3) is 11.3 Å². The lowest BCUT2D eigenvalue weighted by Crippen LogP contribution is -2.17. The van der Waals surface area contributed by atoms with Crippen molar-refractivity contribution in [2.45, 2.75) is 52.4 Å². The van der Waals surface area contributed by atoms with Crippen LogP contribution < -0.4 is 10.2 Å². The summed E-state index contributed by atoms with van der Waals surface area (Å²) >= 11 is 0. The number of aromatic nitrogens is 2. The van der Waals surface area contributed by atoms with Crippen molar-refractivity contribution in [2.24, 2.45) is 5.10 Å². The molecule has 0 fully saturated rings. The molecule has 2 aromatic carbocycles. The largest absolute Gasteiger partial charge is 0.494 e. The lowest BCUT2D eigenvalue weighted by molar-refractivity contribution is 0.0950. The summed E-state index contributed by atoms with van der Waals surface area (Å²) in [6.45, 7) is 4.99. The van der Waals surface area contributed by atoms with Gasteiger partial charge in [0.05, 0.1) is 18.5 Å². The average molecular weight is 433 g/mol. The van der Waals surface area contributed by atoms with Gasteiger partial charge in [-0.05, 0) is 49.2 Å². The normalized spacial score (nSPS) is 11.1. The van der Waals surface area contributed by atoms with Crippen molar-refractivity contribution in [1.29, 1.82) is 0 Å². The monoisotopic (exact) mass is 432 g/mol. The molecule has 168 valence electrons. The molecule has 32 heavy (non-hydrogen) atoms. The molecule has 0 aliphatic rings. The van der Waals surface area contributed by atoms with Crippen molar-refractivity contribution in [3.63, 3.8) is 0 Å². The van der Waals surface area contributed by atoms with Crippen LogP contribution in [0.5, 0.6) is 5.75 Å². The lowest BCUT2D eigenvalue weighted by atomic mass is 10.1. The van der Waals surface area contributed by atoms with Crippen LogP contribution in [0.1, 0.15) is 67.1 Å². The van der Waals surface area contributed by atoms with Gasteiger partial charge in [-0.3, -0.25) is 9.89 Å². The molecule has 3 rings (SSSR count). The van der Waals surface area contributed by atoms with Gasteiger partial charge in [-0.2, -0.15) is 10.2 Å².